The largest absolute Gasteiger partial charge is 0.483 e. The molecule has 27 heavy (non-hydrogen) atoms. The number of aryl methyl sites for hydroxylation is 4. The third kappa shape index (κ3) is 4.55. The maximum Gasteiger partial charge on any atom is 0.264 e. The highest BCUT2D eigenvalue weighted by Gasteiger charge is 2.13. The van der Waals surface area contributed by atoms with Gasteiger partial charge in [-0.3, -0.25) is 10.1 Å². The van der Waals surface area contributed by atoms with Crippen LogP contribution in [0.15, 0.2) is 36.4 Å². The lowest BCUT2D eigenvalue weighted by atomic mass is 10.1. The van der Waals surface area contributed by atoms with Crippen LogP contribution in [0.2, 0.25) is 0 Å². The van der Waals surface area contributed by atoms with Crippen molar-refractivity contribution in [3.05, 3.63) is 63.5 Å². The van der Waals surface area contributed by atoms with Crippen molar-refractivity contribution in [2.24, 2.45) is 0 Å². The Balaban J connectivity index is 1.67. The summed E-state index contributed by atoms with van der Waals surface area (Å²) in [6, 6.07) is 12.3. The predicted molar refractivity (Wildman–Crippen MR) is 112 cm³/mol. The van der Waals surface area contributed by atoms with Gasteiger partial charge in [-0.1, -0.05) is 35.9 Å². The van der Waals surface area contributed by atoms with Crippen molar-refractivity contribution in [2.75, 3.05) is 11.9 Å². The third-order valence-corrected chi connectivity index (χ3v) is 5.38. The average molecular weight is 381 g/mol. The van der Waals surface area contributed by atoms with Crippen LogP contribution in [0.25, 0.3) is 11.3 Å². The van der Waals surface area contributed by atoms with Gasteiger partial charge in [0.25, 0.3) is 5.91 Å². The van der Waals surface area contributed by atoms with Gasteiger partial charge in [0, 0.05) is 10.4 Å². The lowest BCUT2D eigenvalue weighted by molar-refractivity contribution is -0.118. The van der Waals surface area contributed by atoms with Crippen LogP contribution in [-0.2, 0) is 4.79 Å². The first-order valence-electron chi connectivity index (χ1n) is 8.88. The molecule has 1 amide bonds. The Morgan fingerprint density at radius 2 is 1.74 bits per heavy atom. The second kappa shape index (κ2) is 7.92. The summed E-state index contributed by atoms with van der Waals surface area (Å²) in [7, 11) is 0. The van der Waals surface area contributed by atoms with Gasteiger partial charge >= 0.3 is 0 Å². The van der Waals surface area contributed by atoms with E-state index in [1.54, 1.807) is 0 Å². The van der Waals surface area contributed by atoms with Crippen molar-refractivity contribution in [3.8, 4) is 17.0 Å². The van der Waals surface area contributed by atoms with E-state index in [0.29, 0.717) is 5.13 Å². The molecule has 0 atom stereocenters. The summed E-state index contributed by atoms with van der Waals surface area (Å²) in [5, 5.41) is 3.44. The summed E-state index contributed by atoms with van der Waals surface area (Å²) >= 11 is 1.47. The number of carbonyl (C=O) groups is 1. The average Bonchev–Trinajstić information content (AvgIpc) is 2.97. The van der Waals surface area contributed by atoms with E-state index < -0.39 is 0 Å². The molecule has 1 aromatic heterocycles. The van der Waals surface area contributed by atoms with Crippen LogP contribution in [0.5, 0.6) is 5.75 Å². The molecule has 3 aromatic rings. The summed E-state index contributed by atoms with van der Waals surface area (Å²) in [4.78, 5) is 18.0. The topological polar surface area (TPSA) is 51.2 Å². The molecule has 140 valence electrons. The summed E-state index contributed by atoms with van der Waals surface area (Å²) in [6.07, 6.45) is 0. The van der Waals surface area contributed by atoms with Crippen LogP contribution in [0.4, 0.5) is 5.13 Å². The van der Waals surface area contributed by atoms with Crippen molar-refractivity contribution in [1.82, 2.24) is 4.98 Å². The van der Waals surface area contributed by atoms with Crippen molar-refractivity contribution in [1.29, 1.82) is 0 Å². The molecule has 0 fully saturated rings. The highest BCUT2D eigenvalue weighted by Crippen LogP contribution is 2.30. The van der Waals surface area contributed by atoms with E-state index in [2.05, 4.69) is 47.6 Å². The van der Waals surface area contributed by atoms with E-state index in [1.165, 1.54) is 16.9 Å². The van der Waals surface area contributed by atoms with Crippen molar-refractivity contribution >= 4 is 22.4 Å². The molecule has 0 radical (unpaired) electrons. The number of ether oxygens (including phenoxy) is 1. The number of amides is 1. The number of aromatic nitrogens is 1. The molecule has 0 saturated carbocycles. The standard InChI is InChI=1S/C22H24N2O2S/c1-13-6-8-18(9-7-13)21-17(5)27-22(24-21)23-20(25)12-26-19-11-14(2)10-15(3)16(19)4/h6-11H,12H2,1-5H3,(H,23,24,25). The van der Waals surface area contributed by atoms with Crippen LogP contribution < -0.4 is 10.1 Å². The Morgan fingerprint density at radius 3 is 2.44 bits per heavy atom. The lowest BCUT2D eigenvalue weighted by Crippen LogP contribution is -2.20. The summed E-state index contributed by atoms with van der Waals surface area (Å²) < 4.78 is 5.73. The van der Waals surface area contributed by atoms with E-state index in [4.69, 9.17) is 4.74 Å². The van der Waals surface area contributed by atoms with E-state index in [0.717, 1.165) is 38.6 Å². The third-order valence-electron chi connectivity index (χ3n) is 4.49. The van der Waals surface area contributed by atoms with E-state index in [9.17, 15) is 4.79 Å². The number of hydrogen-bond acceptors (Lipinski definition) is 4. The molecule has 1 N–H and O–H groups in total. The number of benzene rings is 2. The minimum atomic E-state index is -0.210. The minimum absolute atomic E-state index is 0.0395. The van der Waals surface area contributed by atoms with Crippen LogP contribution in [0.1, 0.15) is 27.1 Å². The molecule has 0 unspecified atom stereocenters. The van der Waals surface area contributed by atoms with Crippen LogP contribution >= 0.6 is 11.3 Å². The Kier molecular flexibility index (Phi) is 5.61. The number of hydrogen-bond donors (Lipinski definition) is 1. The van der Waals surface area contributed by atoms with Gasteiger partial charge in [-0.15, -0.1) is 11.3 Å². The highest BCUT2D eigenvalue weighted by molar-refractivity contribution is 7.16. The first-order valence-corrected chi connectivity index (χ1v) is 9.70. The highest BCUT2D eigenvalue weighted by atomic mass is 32.1. The van der Waals surface area contributed by atoms with Gasteiger partial charge < -0.3 is 4.74 Å². The summed E-state index contributed by atoms with van der Waals surface area (Å²) in [6.45, 7) is 10.1. The maximum absolute atomic E-state index is 12.3. The van der Waals surface area contributed by atoms with Gasteiger partial charge in [-0.05, 0) is 57.4 Å². The number of anilines is 1. The zero-order valence-electron chi connectivity index (χ0n) is 16.3. The second-order valence-electron chi connectivity index (χ2n) is 6.83. The van der Waals surface area contributed by atoms with Crippen LogP contribution in [0.3, 0.4) is 0 Å². The fraction of sp³-hybridized carbons (Fsp3) is 0.273. The molecular weight excluding hydrogens is 356 g/mol. The van der Waals surface area contributed by atoms with Crippen molar-refractivity contribution < 1.29 is 9.53 Å². The fourth-order valence-electron chi connectivity index (χ4n) is 2.88. The monoisotopic (exact) mass is 380 g/mol. The molecule has 3 rings (SSSR count). The van der Waals surface area contributed by atoms with Gasteiger partial charge in [0.1, 0.15) is 5.75 Å². The fourth-order valence-corrected chi connectivity index (χ4v) is 3.73. The van der Waals surface area contributed by atoms with Crippen molar-refractivity contribution in [3.63, 3.8) is 0 Å². The molecule has 0 aliphatic carbocycles. The molecule has 0 aliphatic heterocycles. The van der Waals surface area contributed by atoms with Gasteiger partial charge in [0.2, 0.25) is 0 Å². The number of rotatable bonds is 5. The molecule has 2 aromatic carbocycles. The van der Waals surface area contributed by atoms with Gasteiger partial charge in [-0.25, -0.2) is 4.98 Å². The van der Waals surface area contributed by atoms with Gasteiger partial charge in [-0.2, -0.15) is 0 Å². The number of nitrogens with zero attached hydrogens (tertiary/aromatic N) is 1. The van der Waals surface area contributed by atoms with Crippen LogP contribution in [-0.4, -0.2) is 17.5 Å². The summed E-state index contributed by atoms with van der Waals surface area (Å²) in [5.74, 6) is 0.538. The Hall–Kier alpha value is -2.66. The molecule has 0 spiro atoms. The molecule has 4 nitrogen and oxygen atoms in total. The Bertz CT molecular complexity index is 975. The quantitative estimate of drug-likeness (QED) is 0.647. The maximum atomic E-state index is 12.3. The Labute approximate surface area is 164 Å². The van der Waals surface area contributed by atoms with Gasteiger partial charge in [0.05, 0.1) is 5.69 Å². The van der Waals surface area contributed by atoms with E-state index in [-0.39, 0.29) is 12.5 Å². The zero-order chi connectivity index (χ0) is 19.6. The molecular formula is C22H24N2O2S. The number of carbonyl (C=O) groups excluding carboxylic acids is 1. The second-order valence-corrected chi connectivity index (χ2v) is 8.03. The summed E-state index contributed by atoms with van der Waals surface area (Å²) in [5.41, 5.74) is 6.49. The molecule has 1 heterocycles. The van der Waals surface area contributed by atoms with Crippen LogP contribution in [0, 0.1) is 34.6 Å². The van der Waals surface area contributed by atoms with E-state index >= 15 is 0 Å². The SMILES string of the molecule is Cc1ccc(-c2nc(NC(=O)COc3cc(C)cc(C)c3C)sc2C)cc1. The van der Waals surface area contributed by atoms with E-state index in [1.807, 2.05) is 33.8 Å². The lowest BCUT2D eigenvalue weighted by Gasteiger charge is -2.11. The minimum Gasteiger partial charge on any atom is -0.483 e. The molecule has 0 saturated heterocycles. The smallest absolute Gasteiger partial charge is 0.264 e. The molecule has 0 aliphatic rings. The predicted octanol–water partition coefficient (Wildman–Crippen LogP) is 5.37. The molecule has 5 heteroatoms. The Morgan fingerprint density at radius 1 is 1.04 bits per heavy atom. The van der Waals surface area contributed by atoms with Crippen molar-refractivity contribution in [2.45, 2.75) is 34.6 Å². The van der Waals surface area contributed by atoms with Gasteiger partial charge in [0.15, 0.2) is 11.7 Å². The normalized spacial score (nSPS) is 10.7. The number of thiazole rings is 1. The molecule has 0 bridgehead atoms. The first-order chi connectivity index (χ1) is 12.8. The zero-order valence-corrected chi connectivity index (χ0v) is 17.2. The first kappa shape index (κ1) is 19.1. The number of nitrogens with one attached hydrogen (secondary N) is 1.